The average molecular weight is 337 g/mol. The van der Waals surface area contributed by atoms with Gasteiger partial charge in [0, 0.05) is 30.5 Å². The zero-order valence-electron chi connectivity index (χ0n) is 14.5. The first kappa shape index (κ1) is 17.1. The number of para-hydroxylation sites is 1. The summed E-state index contributed by atoms with van der Waals surface area (Å²) >= 11 is 0. The minimum absolute atomic E-state index is 0.0903. The molecule has 0 atom stereocenters. The van der Waals surface area contributed by atoms with Crippen molar-refractivity contribution in [2.45, 2.75) is 32.6 Å². The second-order valence-electron chi connectivity index (χ2n) is 6.41. The Morgan fingerprint density at radius 1 is 1.04 bits per heavy atom. The molecule has 1 saturated heterocycles. The Labute approximate surface area is 148 Å². The molecule has 0 spiro atoms. The van der Waals surface area contributed by atoms with E-state index in [4.69, 9.17) is 0 Å². The largest absolute Gasteiger partial charge is 0.337 e. The second-order valence-corrected chi connectivity index (χ2v) is 6.41. The van der Waals surface area contributed by atoms with Crippen molar-refractivity contribution in [3.05, 3.63) is 59.4 Å². The molecule has 3 rings (SSSR count). The standard InChI is InChI=1S/C20H23N3O2/c1-15-8-4-5-9-17(15)22-19(24)16-10-11-21-18(14-16)20(25)23-12-6-2-3-7-13-23/h4-5,8-11,14H,2-3,6-7,12-13H2,1H3,(H,22,24). The number of carbonyl (C=O) groups is 2. The van der Waals surface area contributed by atoms with Crippen molar-refractivity contribution >= 4 is 17.5 Å². The highest BCUT2D eigenvalue weighted by Crippen LogP contribution is 2.16. The van der Waals surface area contributed by atoms with E-state index < -0.39 is 0 Å². The fraction of sp³-hybridized carbons (Fsp3) is 0.350. The van der Waals surface area contributed by atoms with Crippen molar-refractivity contribution in [3.63, 3.8) is 0 Å². The van der Waals surface area contributed by atoms with Crippen LogP contribution in [-0.4, -0.2) is 34.8 Å². The monoisotopic (exact) mass is 337 g/mol. The number of carbonyl (C=O) groups excluding carboxylic acids is 2. The van der Waals surface area contributed by atoms with E-state index in [1.807, 2.05) is 36.1 Å². The van der Waals surface area contributed by atoms with Crippen molar-refractivity contribution in [2.24, 2.45) is 0 Å². The second kappa shape index (κ2) is 7.92. The molecule has 130 valence electrons. The highest BCUT2D eigenvalue weighted by atomic mass is 16.2. The van der Waals surface area contributed by atoms with Crippen LogP contribution in [0.3, 0.4) is 0 Å². The van der Waals surface area contributed by atoms with Crippen molar-refractivity contribution in [3.8, 4) is 0 Å². The Morgan fingerprint density at radius 2 is 1.76 bits per heavy atom. The molecule has 1 aromatic carbocycles. The highest BCUT2D eigenvalue weighted by Gasteiger charge is 2.19. The Hall–Kier alpha value is -2.69. The lowest BCUT2D eigenvalue weighted by molar-refractivity contribution is 0.0755. The number of anilines is 1. The van der Waals surface area contributed by atoms with E-state index in [0.29, 0.717) is 11.3 Å². The van der Waals surface area contributed by atoms with E-state index in [0.717, 1.165) is 50.0 Å². The number of hydrogen-bond donors (Lipinski definition) is 1. The number of pyridine rings is 1. The first-order valence-corrected chi connectivity index (χ1v) is 8.77. The van der Waals surface area contributed by atoms with Gasteiger partial charge in [-0.05, 0) is 43.5 Å². The molecule has 0 saturated carbocycles. The van der Waals surface area contributed by atoms with E-state index >= 15 is 0 Å². The molecule has 2 aromatic rings. The third-order valence-electron chi connectivity index (χ3n) is 4.53. The molecule has 2 heterocycles. The number of nitrogens with one attached hydrogen (secondary N) is 1. The molecule has 0 bridgehead atoms. The maximum Gasteiger partial charge on any atom is 0.272 e. The maximum atomic E-state index is 12.7. The summed E-state index contributed by atoms with van der Waals surface area (Å²) in [5.74, 6) is -0.325. The molecule has 1 aliphatic rings. The molecule has 1 N–H and O–H groups in total. The third-order valence-corrected chi connectivity index (χ3v) is 4.53. The Balaban J connectivity index is 1.75. The molecule has 0 aliphatic carbocycles. The number of benzene rings is 1. The molecule has 5 heteroatoms. The normalized spacial score (nSPS) is 14.7. The van der Waals surface area contributed by atoms with Crippen LogP contribution in [0.2, 0.25) is 0 Å². The SMILES string of the molecule is Cc1ccccc1NC(=O)c1ccnc(C(=O)N2CCCCCC2)c1. The van der Waals surface area contributed by atoms with E-state index in [1.165, 1.54) is 6.20 Å². The number of aromatic nitrogens is 1. The summed E-state index contributed by atoms with van der Waals surface area (Å²) in [6, 6.07) is 10.8. The van der Waals surface area contributed by atoms with Gasteiger partial charge in [-0.25, -0.2) is 0 Å². The Kier molecular flexibility index (Phi) is 5.43. The predicted molar refractivity (Wildman–Crippen MR) is 97.7 cm³/mol. The smallest absolute Gasteiger partial charge is 0.272 e. The van der Waals surface area contributed by atoms with E-state index in [2.05, 4.69) is 10.3 Å². The molecule has 2 amide bonds. The quantitative estimate of drug-likeness (QED) is 0.930. The fourth-order valence-electron chi connectivity index (χ4n) is 3.03. The number of hydrogen-bond acceptors (Lipinski definition) is 3. The van der Waals surface area contributed by atoms with E-state index in [9.17, 15) is 9.59 Å². The van der Waals surface area contributed by atoms with Gasteiger partial charge >= 0.3 is 0 Å². The van der Waals surface area contributed by atoms with Crippen LogP contribution in [-0.2, 0) is 0 Å². The number of nitrogens with zero attached hydrogens (tertiary/aromatic N) is 2. The van der Waals surface area contributed by atoms with E-state index in [-0.39, 0.29) is 11.8 Å². The van der Waals surface area contributed by atoms with Crippen LogP contribution in [0.15, 0.2) is 42.6 Å². The van der Waals surface area contributed by atoms with Crippen LogP contribution in [0, 0.1) is 6.92 Å². The van der Waals surface area contributed by atoms with Crippen molar-refractivity contribution in [1.29, 1.82) is 0 Å². The minimum atomic E-state index is -0.235. The molecule has 1 fully saturated rings. The molecule has 5 nitrogen and oxygen atoms in total. The summed E-state index contributed by atoms with van der Waals surface area (Å²) in [7, 11) is 0. The molecule has 1 aromatic heterocycles. The van der Waals surface area contributed by atoms with Gasteiger partial charge in [0.15, 0.2) is 0 Å². The van der Waals surface area contributed by atoms with Gasteiger partial charge in [0.05, 0.1) is 0 Å². The van der Waals surface area contributed by atoms with Gasteiger partial charge in [0.2, 0.25) is 0 Å². The number of rotatable bonds is 3. The Morgan fingerprint density at radius 3 is 2.48 bits per heavy atom. The van der Waals surface area contributed by atoms with Crippen LogP contribution in [0.1, 0.15) is 52.1 Å². The first-order valence-electron chi connectivity index (χ1n) is 8.77. The summed E-state index contributed by atoms with van der Waals surface area (Å²) < 4.78 is 0. The average Bonchev–Trinajstić information content (AvgIpc) is 2.92. The summed E-state index contributed by atoms with van der Waals surface area (Å²) in [5.41, 5.74) is 2.53. The summed E-state index contributed by atoms with van der Waals surface area (Å²) in [5, 5.41) is 2.89. The molecule has 0 radical (unpaired) electrons. The molecule has 0 unspecified atom stereocenters. The number of aryl methyl sites for hydroxylation is 1. The lowest BCUT2D eigenvalue weighted by atomic mass is 10.1. The van der Waals surface area contributed by atoms with Crippen molar-refractivity contribution in [1.82, 2.24) is 9.88 Å². The Bertz CT molecular complexity index is 765. The maximum absolute atomic E-state index is 12.7. The van der Waals surface area contributed by atoms with Crippen LogP contribution in [0.25, 0.3) is 0 Å². The van der Waals surface area contributed by atoms with Crippen molar-refractivity contribution in [2.75, 3.05) is 18.4 Å². The zero-order valence-corrected chi connectivity index (χ0v) is 14.5. The summed E-state index contributed by atoms with van der Waals surface area (Å²) in [6.45, 7) is 3.47. The number of amides is 2. The van der Waals surface area contributed by atoms with Crippen LogP contribution in [0.5, 0.6) is 0 Å². The predicted octanol–water partition coefficient (Wildman–Crippen LogP) is 3.66. The van der Waals surface area contributed by atoms with Gasteiger partial charge in [-0.3, -0.25) is 14.6 Å². The molecular formula is C20H23N3O2. The third kappa shape index (κ3) is 4.24. The van der Waals surface area contributed by atoms with Gasteiger partial charge in [-0.15, -0.1) is 0 Å². The van der Waals surface area contributed by atoms with Gasteiger partial charge in [-0.1, -0.05) is 31.0 Å². The molecule has 25 heavy (non-hydrogen) atoms. The van der Waals surface area contributed by atoms with Crippen LogP contribution in [0.4, 0.5) is 5.69 Å². The van der Waals surface area contributed by atoms with Gasteiger partial charge < -0.3 is 10.2 Å². The van der Waals surface area contributed by atoms with Crippen molar-refractivity contribution < 1.29 is 9.59 Å². The zero-order chi connectivity index (χ0) is 17.6. The summed E-state index contributed by atoms with van der Waals surface area (Å²) in [6.07, 6.45) is 5.91. The number of likely N-dealkylation sites (tertiary alicyclic amines) is 1. The highest BCUT2D eigenvalue weighted by molar-refractivity contribution is 6.06. The fourth-order valence-corrected chi connectivity index (χ4v) is 3.03. The van der Waals surface area contributed by atoms with Gasteiger partial charge in [-0.2, -0.15) is 0 Å². The van der Waals surface area contributed by atoms with E-state index in [1.54, 1.807) is 12.1 Å². The summed E-state index contributed by atoms with van der Waals surface area (Å²) in [4.78, 5) is 31.2. The van der Waals surface area contributed by atoms with Gasteiger partial charge in [0.25, 0.3) is 11.8 Å². The van der Waals surface area contributed by atoms with Gasteiger partial charge in [0.1, 0.15) is 5.69 Å². The van der Waals surface area contributed by atoms with Crippen LogP contribution < -0.4 is 5.32 Å². The lowest BCUT2D eigenvalue weighted by Gasteiger charge is -2.19. The first-order chi connectivity index (χ1) is 12.1. The lowest BCUT2D eigenvalue weighted by Crippen LogP contribution is -2.32. The minimum Gasteiger partial charge on any atom is -0.337 e. The topological polar surface area (TPSA) is 62.3 Å². The van der Waals surface area contributed by atoms with Crippen LogP contribution >= 0.6 is 0 Å². The molecular weight excluding hydrogens is 314 g/mol. The molecule has 1 aliphatic heterocycles.